The number of carbonyl (C=O) groups excluding carboxylic acids is 2. The lowest BCUT2D eigenvalue weighted by Crippen LogP contribution is -2.44. The summed E-state index contributed by atoms with van der Waals surface area (Å²) in [5.41, 5.74) is 2.26. The van der Waals surface area contributed by atoms with Crippen molar-refractivity contribution in [1.82, 2.24) is 20.9 Å². The first-order chi connectivity index (χ1) is 10.6. The van der Waals surface area contributed by atoms with Crippen molar-refractivity contribution in [1.29, 1.82) is 0 Å². The maximum atomic E-state index is 11.7. The van der Waals surface area contributed by atoms with E-state index in [0.717, 1.165) is 11.9 Å². The van der Waals surface area contributed by atoms with Crippen LogP contribution in [0.25, 0.3) is 10.9 Å². The summed E-state index contributed by atoms with van der Waals surface area (Å²) < 4.78 is 0. The fourth-order valence-corrected chi connectivity index (χ4v) is 2.21. The molecule has 4 N–H and O–H groups in total. The summed E-state index contributed by atoms with van der Waals surface area (Å²) in [7, 11) is 0. The number of carbonyl (C=O) groups is 2. The first kappa shape index (κ1) is 15.9. The Labute approximate surface area is 129 Å². The molecule has 0 aliphatic rings. The molecule has 22 heavy (non-hydrogen) atoms. The Balaban J connectivity index is 1.72. The molecule has 118 valence electrons. The van der Waals surface area contributed by atoms with Gasteiger partial charge in [0.1, 0.15) is 0 Å². The summed E-state index contributed by atoms with van der Waals surface area (Å²) in [6.45, 7) is 4.24. The third kappa shape index (κ3) is 4.51. The van der Waals surface area contributed by atoms with Crippen LogP contribution >= 0.6 is 0 Å². The van der Waals surface area contributed by atoms with Crippen molar-refractivity contribution >= 4 is 22.8 Å². The van der Waals surface area contributed by atoms with Gasteiger partial charge >= 0.3 is 6.03 Å². The van der Waals surface area contributed by atoms with Crippen LogP contribution in [-0.2, 0) is 11.2 Å². The van der Waals surface area contributed by atoms with Gasteiger partial charge in [-0.1, -0.05) is 18.2 Å². The topological polar surface area (TPSA) is 86.0 Å². The van der Waals surface area contributed by atoms with Crippen molar-refractivity contribution < 1.29 is 9.59 Å². The van der Waals surface area contributed by atoms with Crippen LogP contribution in [0.1, 0.15) is 19.4 Å². The number of fused-ring (bicyclic) bond motifs is 1. The maximum absolute atomic E-state index is 11.7. The zero-order valence-electron chi connectivity index (χ0n) is 12.9. The number of hydrogen-bond donors (Lipinski definition) is 4. The molecule has 2 rings (SSSR count). The van der Waals surface area contributed by atoms with E-state index < -0.39 is 0 Å². The highest BCUT2D eigenvalue weighted by Crippen LogP contribution is 2.17. The van der Waals surface area contributed by atoms with Crippen LogP contribution in [0.3, 0.4) is 0 Å². The average Bonchev–Trinajstić information content (AvgIpc) is 2.88. The molecule has 0 spiro atoms. The third-order valence-electron chi connectivity index (χ3n) is 3.22. The molecule has 0 aliphatic carbocycles. The molecular weight excluding hydrogens is 280 g/mol. The molecule has 1 aromatic heterocycles. The monoisotopic (exact) mass is 302 g/mol. The zero-order valence-corrected chi connectivity index (χ0v) is 12.9. The Hall–Kier alpha value is -2.50. The van der Waals surface area contributed by atoms with Crippen LogP contribution in [0.4, 0.5) is 4.79 Å². The summed E-state index contributed by atoms with van der Waals surface area (Å²) in [6, 6.07) is 7.77. The number of hydrogen-bond acceptors (Lipinski definition) is 2. The number of aromatic nitrogens is 1. The van der Waals surface area contributed by atoms with Crippen LogP contribution < -0.4 is 16.0 Å². The summed E-state index contributed by atoms with van der Waals surface area (Å²) >= 11 is 0. The fraction of sp³-hybridized carbons (Fsp3) is 0.375. The van der Waals surface area contributed by atoms with Gasteiger partial charge < -0.3 is 20.9 Å². The molecule has 0 unspecified atom stereocenters. The second-order valence-electron chi connectivity index (χ2n) is 5.44. The largest absolute Gasteiger partial charge is 0.361 e. The molecule has 6 heteroatoms. The number of aromatic amines is 1. The number of urea groups is 1. The van der Waals surface area contributed by atoms with E-state index in [1.807, 2.05) is 38.2 Å². The van der Waals surface area contributed by atoms with Gasteiger partial charge in [0.25, 0.3) is 0 Å². The van der Waals surface area contributed by atoms with Crippen LogP contribution in [0.15, 0.2) is 30.5 Å². The number of H-pyrrole nitrogens is 1. The average molecular weight is 302 g/mol. The lowest BCUT2D eigenvalue weighted by Gasteiger charge is -2.10. The van der Waals surface area contributed by atoms with Crippen LogP contribution in [-0.4, -0.2) is 36.1 Å². The summed E-state index contributed by atoms with van der Waals surface area (Å²) in [5, 5.41) is 9.15. The molecule has 0 saturated heterocycles. The molecular formula is C16H22N4O2. The molecule has 2 aromatic rings. The Bertz CT molecular complexity index is 648. The minimum atomic E-state index is -0.332. The molecule has 0 aliphatic heterocycles. The molecule has 0 fully saturated rings. The van der Waals surface area contributed by atoms with E-state index >= 15 is 0 Å². The van der Waals surface area contributed by atoms with Crippen LogP contribution in [0, 0.1) is 0 Å². The second kappa shape index (κ2) is 7.49. The number of nitrogens with one attached hydrogen (secondary N) is 4. The highest BCUT2D eigenvalue weighted by Gasteiger charge is 2.07. The van der Waals surface area contributed by atoms with E-state index in [9.17, 15) is 9.59 Å². The van der Waals surface area contributed by atoms with Crippen molar-refractivity contribution in [2.45, 2.75) is 26.3 Å². The fourth-order valence-electron chi connectivity index (χ4n) is 2.21. The highest BCUT2D eigenvalue weighted by atomic mass is 16.2. The van der Waals surface area contributed by atoms with Gasteiger partial charge in [0.05, 0.1) is 6.54 Å². The lowest BCUT2D eigenvalue weighted by atomic mass is 10.1. The number of rotatable bonds is 6. The van der Waals surface area contributed by atoms with Crippen LogP contribution in [0.2, 0.25) is 0 Å². The summed E-state index contributed by atoms with van der Waals surface area (Å²) in [4.78, 5) is 26.2. The predicted molar refractivity (Wildman–Crippen MR) is 86.7 cm³/mol. The van der Waals surface area contributed by atoms with Crippen LogP contribution in [0.5, 0.6) is 0 Å². The standard InChI is InChI=1S/C16H22N4O2/c1-11(2)20-16(22)19-10-15(21)17-8-7-12-9-18-14-6-4-3-5-13(12)14/h3-6,9,11,18H,7-8,10H2,1-2H3,(H,17,21)(H2,19,20,22). The summed E-state index contributed by atoms with van der Waals surface area (Å²) in [6.07, 6.45) is 2.71. The number of benzene rings is 1. The number of para-hydroxylation sites is 1. The van der Waals surface area contributed by atoms with Crippen molar-refractivity contribution in [2.24, 2.45) is 0 Å². The predicted octanol–water partition coefficient (Wildman–Crippen LogP) is 1.53. The van der Waals surface area contributed by atoms with Gasteiger partial charge in [-0.05, 0) is 31.9 Å². The van der Waals surface area contributed by atoms with E-state index in [0.29, 0.717) is 6.54 Å². The lowest BCUT2D eigenvalue weighted by molar-refractivity contribution is -0.120. The molecule has 0 bridgehead atoms. The molecule has 1 heterocycles. The quantitative estimate of drug-likeness (QED) is 0.652. The first-order valence-electron chi connectivity index (χ1n) is 7.42. The molecule has 6 nitrogen and oxygen atoms in total. The van der Waals surface area contributed by atoms with E-state index in [2.05, 4.69) is 27.0 Å². The molecule has 0 saturated carbocycles. The smallest absolute Gasteiger partial charge is 0.315 e. The van der Waals surface area contributed by atoms with Gasteiger partial charge in [-0.25, -0.2) is 4.79 Å². The zero-order chi connectivity index (χ0) is 15.9. The van der Waals surface area contributed by atoms with Crippen molar-refractivity contribution in [3.8, 4) is 0 Å². The van der Waals surface area contributed by atoms with Gasteiger partial charge in [-0.15, -0.1) is 0 Å². The molecule has 3 amide bonds. The first-order valence-corrected chi connectivity index (χ1v) is 7.42. The van der Waals surface area contributed by atoms with E-state index in [1.54, 1.807) is 0 Å². The van der Waals surface area contributed by atoms with Crippen molar-refractivity contribution in [2.75, 3.05) is 13.1 Å². The van der Waals surface area contributed by atoms with Crippen molar-refractivity contribution in [3.05, 3.63) is 36.0 Å². The van der Waals surface area contributed by atoms with E-state index in [4.69, 9.17) is 0 Å². The normalized spacial score (nSPS) is 10.7. The van der Waals surface area contributed by atoms with Gasteiger partial charge in [-0.3, -0.25) is 4.79 Å². The highest BCUT2D eigenvalue weighted by molar-refractivity contribution is 5.84. The Morgan fingerprint density at radius 2 is 1.95 bits per heavy atom. The van der Waals surface area contributed by atoms with Gasteiger partial charge in [-0.2, -0.15) is 0 Å². The Kier molecular flexibility index (Phi) is 5.41. The summed E-state index contributed by atoms with van der Waals surface area (Å²) in [5.74, 6) is -0.196. The van der Waals surface area contributed by atoms with Gasteiger partial charge in [0, 0.05) is 29.7 Å². The Morgan fingerprint density at radius 3 is 2.73 bits per heavy atom. The minimum Gasteiger partial charge on any atom is -0.361 e. The molecule has 1 aromatic carbocycles. The van der Waals surface area contributed by atoms with E-state index in [1.165, 1.54) is 10.9 Å². The molecule has 0 radical (unpaired) electrons. The van der Waals surface area contributed by atoms with Crippen molar-refractivity contribution in [3.63, 3.8) is 0 Å². The van der Waals surface area contributed by atoms with E-state index in [-0.39, 0.29) is 24.5 Å². The molecule has 0 atom stereocenters. The third-order valence-corrected chi connectivity index (χ3v) is 3.22. The second-order valence-corrected chi connectivity index (χ2v) is 5.44. The number of amides is 3. The Morgan fingerprint density at radius 1 is 1.18 bits per heavy atom. The van der Waals surface area contributed by atoms with Gasteiger partial charge in [0.2, 0.25) is 5.91 Å². The minimum absolute atomic E-state index is 0.0214. The SMILES string of the molecule is CC(C)NC(=O)NCC(=O)NCCc1c[nH]c2ccccc12. The van der Waals surface area contributed by atoms with Gasteiger partial charge in [0.15, 0.2) is 0 Å². The maximum Gasteiger partial charge on any atom is 0.315 e.